The topological polar surface area (TPSA) is 115 Å². The Bertz CT molecular complexity index is 1610. The molecular formula is C37H40N2O7S. The number of aliphatic hydroxyl groups excluding tert-OH is 1. The SMILES string of the molecule is CCOC(=O)CNC(=O)NCc1cccc(-c2ccc(C3OC(CSc4ccccc4OC)CC(c4ccc(CO)cc4)O3)cc2)c1. The Morgan fingerprint density at radius 3 is 2.38 bits per heavy atom. The summed E-state index contributed by atoms with van der Waals surface area (Å²) in [5.41, 5.74) is 5.74. The predicted octanol–water partition coefficient (Wildman–Crippen LogP) is 6.55. The van der Waals surface area contributed by atoms with E-state index in [2.05, 4.69) is 16.7 Å². The third-order valence-corrected chi connectivity index (χ3v) is 8.89. The van der Waals surface area contributed by atoms with E-state index < -0.39 is 18.3 Å². The molecule has 3 atom stereocenters. The van der Waals surface area contributed by atoms with Gasteiger partial charge in [-0.2, -0.15) is 0 Å². The predicted molar refractivity (Wildman–Crippen MR) is 181 cm³/mol. The van der Waals surface area contributed by atoms with Crippen LogP contribution in [-0.2, 0) is 32.2 Å². The zero-order valence-electron chi connectivity index (χ0n) is 26.5. The number of hydrogen-bond donors (Lipinski definition) is 3. The summed E-state index contributed by atoms with van der Waals surface area (Å²) in [6, 6.07) is 31.5. The summed E-state index contributed by atoms with van der Waals surface area (Å²) >= 11 is 1.70. The molecule has 0 spiro atoms. The first-order chi connectivity index (χ1) is 22.9. The maximum atomic E-state index is 12.1. The second kappa shape index (κ2) is 17.0. The zero-order valence-corrected chi connectivity index (χ0v) is 27.3. The van der Waals surface area contributed by atoms with E-state index in [-0.39, 0.29) is 32.0 Å². The van der Waals surface area contributed by atoms with E-state index in [0.717, 1.165) is 49.8 Å². The van der Waals surface area contributed by atoms with Gasteiger partial charge in [0.1, 0.15) is 12.3 Å². The summed E-state index contributed by atoms with van der Waals surface area (Å²) in [6.07, 6.45) is -0.128. The van der Waals surface area contributed by atoms with Crippen LogP contribution in [0.15, 0.2) is 102 Å². The fraction of sp³-hybridized carbons (Fsp3) is 0.297. The van der Waals surface area contributed by atoms with Gasteiger partial charge in [0, 0.05) is 29.2 Å². The summed E-state index contributed by atoms with van der Waals surface area (Å²) in [6.45, 7) is 2.10. The Labute approximate surface area is 279 Å². The molecule has 246 valence electrons. The molecule has 3 unspecified atom stereocenters. The van der Waals surface area contributed by atoms with Crippen molar-refractivity contribution in [2.45, 2.75) is 49.9 Å². The average molecular weight is 657 g/mol. The molecule has 0 aliphatic carbocycles. The van der Waals surface area contributed by atoms with Crippen molar-refractivity contribution in [2.24, 2.45) is 0 Å². The lowest BCUT2D eigenvalue weighted by Gasteiger charge is -2.36. The van der Waals surface area contributed by atoms with Crippen LogP contribution in [0.3, 0.4) is 0 Å². The average Bonchev–Trinajstić information content (AvgIpc) is 3.12. The fourth-order valence-corrected chi connectivity index (χ4v) is 6.29. The van der Waals surface area contributed by atoms with E-state index in [1.807, 2.05) is 91.0 Å². The number of nitrogens with one attached hydrogen (secondary N) is 2. The molecule has 47 heavy (non-hydrogen) atoms. The molecular weight excluding hydrogens is 616 g/mol. The van der Waals surface area contributed by atoms with Gasteiger partial charge in [0.05, 0.1) is 32.5 Å². The maximum Gasteiger partial charge on any atom is 0.325 e. The van der Waals surface area contributed by atoms with Crippen molar-refractivity contribution in [2.75, 3.05) is 26.0 Å². The van der Waals surface area contributed by atoms with Gasteiger partial charge in [-0.15, -0.1) is 11.8 Å². The largest absolute Gasteiger partial charge is 0.496 e. The summed E-state index contributed by atoms with van der Waals surface area (Å²) in [7, 11) is 1.68. The number of amides is 2. The van der Waals surface area contributed by atoms with Gasteiger partial charge in [-0.3, -0.25) is 4.79 Å². The Kier molecular flexibility index (Phi) is 12.3. The van der Waals surface area contributed by atoms with Crippen molar-refractivity contribution in [1.29, 1.82) is 0 Å². The van der Waals surface area contributed by atoms with E-state index in [1.54, 1.807) is 25.8 Å². The molecule has 2 amide bonds. The minimum atomic E-state index is -0.563. The third kappa shape index (κ3) is 9.59. The van der Waals surface area contributed by atoms with Crippen molar-refractivity contribution < 1.29 is 33.6 Å². The van der Waals surface area contributed by atoms with Gasteiger partial charge in [-0.05, 0) is 52.9 Å². The van der Waals surface area contributed by atoms with E-state index in [1.165, 1.54) is 0 Å². The van der Waals surface area contributed by atoms with Crippen molar-refractivity contribution >= 4 is 23.8 Å². The van der Waals surface area contributed by atoms with Gasteiger partial charge < -0.3 is 34.7 Å². The number of urea groups is 1. The third-order valence-electron chi connectivity index (χ3n) is 7.70. The van der Waals surface area contributed by atoms with Gasteiger partial charge >= 0.3 is 12.0 Å². The van der Waals surface area contributed by atoms with Crippen LogP contribution < -0.4 is 15.4 Å². The van der Waals surface area contributed by atoms with E-state index in [0.29, 0.717) is 13.0 Å². The standard InChI is InChI=1S/C37H40N2O7S/c1-3-44-35(41)22-39-37(42)38-21-26-7-6-8-30(19-26)27-15-17-29(18-16-27)36-45-31(24-47-34-10-5-4-9-32(34)43-2)20-33(46-36)28-13-11-25(23-40)12-14-28/h4-19,31,33,36,40H,3,20-24H2,1-2H3,(H2,38,39,42). The first-order valence-corrected chi connectivity index (χ1v) is 16.6. The molecule has 5 rings (SSSR count). The highest BCUT2D eigenvalue weighted by Gasteiger charge is 2.32. The Hall–Kier alpha value is -4.35. The van der Waals surface area contributed by atoms with Crippen LogP contribution in [0.25, 0.3) is 11.1 Å². The van der Waals surface area contributed by atoms with Crippen molar-refractivity contribution in [3.8, 4) is 16.9 Å². The fourth-order valence-electron chi connectivity index (χ4n) is 5.25. The van der Waals surface area contributed by atoms with E-state index in [9.17, 15) is 14.7 Å². The number of hydrogen-bond acceptors (Lipinski definition) is 8. The molecule has 0 radical (unpaired) electrons. The van der Waals surface area contributed by atoms with Gasteiger partial charge in [-0.25, -0.2) is 4.79 Å². The number of thioether (sulfide) groups is 1. The second-order valence-electron chi connectivity index (χ2n) is 11.0. The quantitative estimate of drug-likeness (QED) is 0.110. The second-order valence-corrected chi connectivity index (χ2v) is 12.0. The Morgan fingerprint density at radius 2 is 1.64 bits per heavy atom. The van der Waals surface area contributed by atoms with E-state index >= 15 is 0 Å². The van der Waals surface area contributed by atoms with Crippen LogP contribution in [0, 0.1) is 0 Å². The van der Waals surface area contributed by atoms with Crippen LogP contribution >= 0.6 is 11.8 Å². The van der Waals surface area contributed by atoms with Gasteiger partial charge in [-0.1, -0.05) is 78.9 Å². The summed E-state index contributed by atoms with van der Waals surface area (Å²) in [5, 5.41) is 14.8. The van der Waals surface area contributed by atoms with Crippen molar-refractivity contribution in [3.05, 3.63) is 119 Å². The number of esters is 1. The van der Waals surface area contributed by atoms with Gasteiger partial charge in [0.15, 0.2) is 6.29 Å². The van der Waals surface area contributed by atoms with Crippen LogP contribution in [-0.4, -0.2) is 49.2 Å². The van der Waals surface area contributed by atoms with E-state index in [4.69, 9.17) is 18.9 Å². The Balaban J connectivity index is 1.26. The van der Waals surface area contributed by atoms with Crippen LogP contribution in [0.1, 0.15) is 48.0 Å². The molecule has 1 saturated heterocycles. The molecule has 4 aromatic carbocycles. The van der Waals surface area contributed by atoms with Crippen LogP contribution in [0.5, 0.6) is 5.75 Å². The number of carbonyl (C=O) groups is 2. The van der Waals surface area contributed by atoms with Crippen molar-refractivity contribution in [3.63, 3.8) is 0 Å². The first-order valence-electron chi connectivity index (χ1n) is 15.6. The molecule has 10 heteroatoms. The van der Waals surface area contributed by atoms with Gasteiger partial charge in [0.2, 0.25) is 0 Å². The first kappa shape index (κ1) is 34.0. The summed E-state index contributed by atoms with van der Waals surface area (Å²) in [4.78, 5) is 24.6. The molecule has 1 aliphatic heterocycles. The highest BCUT2D eigenvalue weighted by Crippen LogP contribution is 2.40. The minimum absolute atomic E-state index is 0.00601. The molecule has 9 nitrogen and oxygen atoms in total. The lowest BCUT2D eigenvalue weighted by molar-refractivity contribution is -0.245. The molecule has 0 bridgehead atoms. The molecule has 3 N–H and O–H groups in total. The lowest BCUT2D eigenvalue weighted by Crippen LogP contribution is -2.38. The number of rotatable bonds is 13. The van der Waals surface area contributed by atoms with Crippen LogP contribution in [0.2, 0.25) is 0 Å². The maximum absolute atomic E-state index is 12.1. The zero-order chi connectivity index (χ0) is 33.0. The number of carbonyl (C=O) groups excluding carboxylic acids is 2. The number of methoxy groups -OCH3 is 1. The smallest absolute Gasteiger partial charge is 0.325 e. The monoisotopic (exact) mass is 656 g/mol. The van der Waals surface area contributed by atoms with Crippen molar-refractivity contribution in [1.82, 2.24) is 10.6 Å². The molecule has 0 aromatic heterocycles. The lowest BCUT2D eigenvalue weighted by atomic mass is 9.99. The number of ether oxygens (including phenoxy) is 4. The summed E-state index contributed by atoms with van der Waals surface area (Å²) in [5.74, 6) is 1.09. The number of aliphatic hydroxyl groups is 1. The van der Waals surface area contributed by atoms with Gasteiger partial charge in [0.25, 0.3) is 0 Å². The molecule has 1 aliphatic rings. The molecule has 0 saturated carbocycles. The highest BCUT2D eigenvalue weighted by molar-refractivity contribution is 7.99. The number of para-hydroxylation sites is 1. The highest BCUT2D eigenvalue weighted by atomic mass is 32.2. The van der Waals surface area contributed by atoms with Crippen LogP contribution in [0.4, 0.5) is 4.79 Å². The summed E-state index contributed by atoms with van der Waals surface area (Å²) < 4.78 is 23.4. The number of benzene rings is 4. The Morgan fingerprint density at radius 1 is 0.872 bits per heavy atom. The normalized spacial score (nSPS) is 17.5. The molecule has 4 aromatic rings. The minimum Gasteiger partial charge on any atom is -0.496 e. The molecule has 1 heterocycles. The molecule has 1 fully saturated rings.